The van der Waals surface area contributed by atoms with Crippen molar-refractivity contribution in [1.82, 2.24) is 0 Å². The normalized spacial score (nSPS) is 15.1. The molecule has 1 heterocycles. The summed E-state index contributed by atoms with van der Waals surface area (Å²) in [6, 6.07) is 11.9. The number of methoxy groups -OCH3 is 1. The number of nitrogens with zero attached hydrogens (tertiary/aromatic N) is 2. The molecule has 0 radical (unpaired) electrons. The van der Waals surface area contributed by atoms with Crippen molar-refractivity contribution in [2.24, 2.45) is 21.1 Å². The molecule has 1 aromatic carbocycles. The first-order valence-electron chi connectivity index (χ1n) is 10.8. The Morgan fingerprint density at radius 3 is 2.06 bits per heavy atom. The lowest BCUT2D eigenvalue weighted by Crippen LogP contribution is -2.28. The third-order valence-electron chi connectivity index (χ3n) is 5.26. The molecule has 1 aliphatic rings. The van der Waals surface area contributed by atoms with Crippen molar-refractivity contribution in [1.29, 1.82) is 0 Å². The van der Waals surface area contributed by atoms with E-state index in [0.29, 0.717) is 0 Å². The van der Waals surface area contributed by atoms with E-state index >= 15 is 0 Å². The second-order valence-electron chi connectivity index (χ2n) is 10.1. The summed E-state index contributed by atoms with van der Waals surface area (Å²) in [6.45, 7) is 14.5. The first-order valence-corrected chi connectivity index (χ1v) is 11.6. The molecule has 0 fully saturated rings. The summed E-state index contributed by atoms with van der Waals surface area (Å²) in [7, 11) is 1.66. The first kappa shape index (κ1) is 23.9. The Hall–Kier alpha value is -2.79. The van der Waals surface area contributed by atoms with Crippen molar-refractivity contribution >= 4 is 28.5 Å². The highest BCUT2D eigenvalue weighted by molar-refractivity contribution is 7.14. The van der Waals surface area contributed by atoms with Gasteiger partial charge < -0.3 is 4.74 Å². The summed E-state index contributed by atoms with van der Waals surface area (Å²) in [5.74, 6) is 0.104. The molecule has 0 bridgehead atoms. The van der Waals surface area contributed by atoms with Crippen LogP contribution in [0.2, 0.25) is 0 Å². The molecule has 2 aromatic rings. The van der Waals surface area contributed by atoms with E-state index in [9.17, 15) is 4.79 Å². The fourth-order valence-electron chi connectivity index (χ4n) is 3.48. The van der Waals surface area contributed by atoms with Crippen LogP contribution in [0.5, 0.6) is 5.06 Å². The van der Waals surface area contributed by atoms with Crippen molar-refractivity contribution in [3.63, 3.8) is 0 Å². The van der Waals surface area contributed by atoms with E-state index in [0.717, 1.165) is 43.6 Å². The fraction of sp³-hybridized carbons (Fsp3) is 0.370. The SMILES string of the molecule is COc1ccc(C(N=Nc2cccc(C)c2)=C2C=C(C(C)(C)C)C(=O)C(C(C)(C)C)=C2)s1. The maximum absolute atomic E-state index is 13.4. The smallest absolute Gasteiger partial charge is 0.186 e. The summed E-state index contributed by atoms with van der Waals surface area (Å²) in [4.78, 5) is 14.3. The van der Waals surface area contributed by atoms with Gasteiger partial charge in [0.05, 0.1) is 17.7 Å². The van der Waals surface area contributed by atoms with Crippen molar-refractivity contribution in [2.45, 2.75) is 48.5 Å². The average molecular weight is 449 g/mol. The Morgan fingerprint density at radius 1 is 0.938 bits per heavy atom. The fourth-order valence-corrected chi connectivity index (χ4v) is 4.31. The number of Topliss-reactive ketones (excluding diaryl/α,β-unsaturated/α-hetero) is 1. The summed E-state index contributed by atoms with van der Waals surface area (Å²) in [6.07, 6.45) is 3.96. The first-order chi connectivity index (χ1) is 14.9. The van der Waals surface area contributed by atoms with Crippen LogP contribution in [0, 0.1) is 17.8 Å². The van der Waals surface area contributed by atoms with Crippen molar-refractivity contribution < 1.29 is 9.53 Å². The molecule has 0 atom stereocenters. The third-order valence-corrected chi connectivity index (χ3v) is 6.31. The number of carbonyl (C=O) groups is 1. The van der Waals surface area contributed by atoms with Gasteiger partial charge in [-0.25, -0.2) is 0 Å². The molecule has 0 saturated heterocycles. The third kappa shape index (κ3) is 5.33. The van der Waals surface area contributed by atoms with Gasteiger partial charge in [-0.3, -0.25) is 4.79 Å². The van der Waals surface area contributed by atoms with E-state index in [4.69, 9.17) is 9.85 Å². The molecule has 0 N–H and O–H groups in total. The number of azo groups is 1. The number of rotatable bonds is 4. The van der Waals surface area contributed by atoms with Gasteiger partial charge in [0.2, 0.25) is 0 Å². The van der Waals surface area contributed by atoms with Gasteiger partial charge in [-0.05, 0) is 59.7 Å². The Bertz CT molecular complexity index is 1110. The quantitative estimate of drug-likeness (QED) is 0.444. The highest BCUT2D eigenvalue weighted by Gasteiger charge is 2.34. The van der Waals surface area contributed by atoms with Crippen LogP contribution in [-0.4, -0.2) is 12.9 Å². The second kappa shape index (κ2) is 8.99. The van der Waals surface area contributed by atoms with Crippen molar-refractivity contribution in [3.8, 4) is 5.06 Å². The van der Waals surface area contributed by atoms with Crippen molar-refractivity contribution in [3.05, 3.63) is 75.7 Å². The minimum absolute atomic E-state index is 0.104. The van der Waals surface area contributed by atoms with Crippen LogP contribution in [0.1, 0.15) is 52.0 Å². The zero-order valence-corrected chi connectivity index (χ0v) is 21.1. The Balaban J connectivity index is 2.27. The number of benzene rings is 1. The summed E-state index contributed by atoms with van der Waals surface area (Å²) < 4.78 is 5.42. The molecule has 32 heavy (non-hydrogen) atoms. The number of ether oxygens (including phenoxy) is 1. The highest BCUT2D eigenvalue weighted by atomic mass is 32.1. The standard InChI is InChI=1S/C27H32N2O2S/c1-17-10-9-11-19(14-17)28-29-24(22-12-13-23(31-8)32-22)18-15-20(26(2,3)4)25(30)21(16-18)27(5,6)7/h9-16H,1-8H3. The van der Waals surface area contributed by atoms with Gasteiger partial charge in [-0.15, -0.1) is 5.11 Å². The van der Waals surface area contributed by atoms with E-state index < -0.39 is 0 Å². The molecule has 1 aliphatic carbocycles. The Morgan fingerprint density at radius 2 is 1.56 bits per heavy atom. The molecular weight excluding hydrogens is 416 g/mol. The van der Waals surface area contributed by atoms with Crippen LogP contribution in [0.3, 0.4) is 0 Å². The summed E-state index contributed by atoms with van der Waals surface area (Å²) >= 11 is 1.51. The Labute approximate surface area is 195 Å². The molecular formula is C27H32N2O2S. The molecule has 168 valence electrons. The number of aryl methyl sites for hydroxylation is 1. The maximum atomic E-state index is 13.4. The average Bonchev–Trinajstić information content (AvgIpc) is 3.16. The molecule has 3 rings (SSSR count). The number of hydrogen-bond donors (Lipinski definition) is 0. The number of hydrogen-bond acceptors (Lipinski definition) is 5. The lowest BCUT2D eigenvalue weighted by atomic mass is 9.71. The molecule has 1 aromatic heterocycles. The lowest BCUT2D eigenvalue weighted by Gasteiger charge is -2.31. The van der Waals surface area contributed by atoms with Gasteiger partial charge in [0.15, 0.2) is 10.8 Å². The minimum Gasteiger partial charge on any atom is -0.487 e. The molecule has 4 nitrogen and oxygen atoms in total. The zero-order chi connectivity index (χ0) is 23.7. The number of carbonyl (C=O) groups excluding carboxylic acids is 1. The molecule has 0 saturated carbocycles. The van der Waals surface area contributed by atoms with E-state index in [1.807, 2.05) is 55.5 Å². The minimum atomic E-state index is -0.293. The van der Waals surface area contributed by atoms with Crippen LogP contribution in [0.15, 0.2) is 75.5 Å². The summed E-state index contributed by atoms with van der Waals surface area (Å²) in [5, 5.41) is 10.0. The molecule has 0 amide bonds. The van der Waals surface area contributed by atoms with Crippen LogP contribution in [-0.2, 0) is 4.79 Å². The predicted octanol–water partition coefficient (Wildman–Crippen LogP) is 8.09. The van der Waals surface area contributed by atoms with Crippen LogP contribution in [0.25, 0.3) is 5.70 Å². The maximum Gasteiger partial charge on any atom is 0.186 e. The van der Waals surface area contributed by atoms with Crippen LogP contribution < -0.4 is 4.74 Å². The van der Waals surface area contributed by atoms with Gasteiger partial charge in [0.1, 0.15) is 5.70 Å². The lowest BCUT2D eigenvalue weighted by molar-refractivity contribution is -0.114. The zero-order valence-electron chi connectivity index (χ0n) is 20.2. The van der Waals surface area contributed by atoms with Gasteiger partial charge in [0.25, 0.3) is 0 Å². The largest absolute Gasteiger partial charge is 0.487 e. The van der Waals surface area contributed by atoms with E-state index in [1.165, 1.54) is 11.3 Å². The van der Waals surface area contributed by atoms with Crippen molar-refractivity contribution in [2.75, 3.05) is 7.11 Å². The molecule has 5 heteroatoms. The predicted molar refractivity (Wildman–Crippen MR) is 134 cm³/mol. The van der Waals surface area contributed by atoms with Crippen LogP contribution in [0.4, 0.5) is 5.69 Å². The van der Waals surface area contributed by atoms with Crippen LogP contribution >= 0.6 is 11.3 Å². The monoisotopic (exact) mass is 448 g/mol. The van der Waals surface area contributed by atoms with Gasteiger partial charge in [0, 0.05) is 16.7 Å². The van der Waals surface area contributed by atoms with E-state index in [1.54, 1.807) is 7.11 Å². The van der Waals surface area contributed by atoms with Gasteiger partial charge in [-0.1, -0.05) is 65.0 Å². The number of allylic oxidation sites excluding steroid dienone is 5. The van der Waals surface area contributed by atoms with Gasteiger partial charge in [-0.2, -0.15) is 5.11 Å². The Kier molecular flexibility index (Phi) is 6.70. The highest BCUT2D eigenvalue weighted by Crippen LogP contribution is 2.42. The molecule has 0 aliphatic heterocycles. The van der Waals surface area contributed by atoms with E-state index in [2.05, 4.69) is 46.7 Å². The topological polar surface area (TPSA) is 51.0 Å². The number of thiophene rings is 1. The summed E-state index contributed by atoms with van der Waals surface area (Å²) in [5.41, 5.74) is 4.52. The number of ketones is 1. The molecule has 0 spiro atoms. The van der Waals surface area contributed by atoms with Gasteiger partial charge >= 0.3 is 0 Å². The van der Waals surface area contributed by atoms with E-state index in [-0.39, 0.29) is 16.6 Å². The molecule has 0 unspecified atom stereocenters. The second-order valence-corrected chi connectivity index (χ2v) is 11.2.